The van der Waals surface area contributed by atoms with Crippen LogP contribution >= 0.6 is 0 Å². The van der Waals surface area contributed by atoms with Crippen molar-refractivity contribution in [1.82, 2.24) is 4.31 Å². The molecule has 0 bridgehead atoms. The maximum Gasteiger partial charge on any atom is 0.335 e. The average Bonchev–Trinajstić information content (AvgIpc) is 2.34. The number of carbonyl (C=O) groups is 1. The van der Waals surface area contributed by atoms with Crippen molar-refractivity contribution in [1.29, 1.82) is 0 Å². The Morgan fingerprint density at radius 1 is 1.37 bits per heavy atom. The molecule has 0 aromatic heterocycles. The third-order valence-corrected chi connectivity index (χ3v) is 5.42. The van der Waals surface area contributed by atoms with Crippen LogP contribution in [0.25, 0.3) is 0 Å². The number of carboxylic acid groups (broad SMARTS) is 1. The smallest absolute Gasteiger partial charge is 0.335 e. The molecule has 1 N–H and O–H groups in total. The van der Waals surface area contributed by atoms with Gasteiger partial charge in [0, 0.05) is 12.6 Å². The van der Waals surface area contributed by atoms with Crippen molar-refractivity contribution in [2.45, 2.75) is 32.4 Å². The van der Waals surface area contributed by atoms with Crippen LogP contribution in [0, 0.1) is 0 Å². The van der Waals surface area contributed by atoms with Crippen LogP contribution in [0.4, 0.5) is 0 Å². The fourth-order valence-corrected chi connectivity index (χ4v) is 4.05. The van der Waals surface area contributed by atoms with Gasteiger partial charge in [-0.05, 0) is 37.5 Å². The molecule has 1 saturated heterocycles. The maximum atomic E-state index is 12.0. The molecule has 1 heterocycles. The summed E-state index contributed by atoms with van der Waals surface area (Å²) in [5, 5.41) is 8.82. The molecule has 0 radical (unpaired) electrons. The summed E-state index contributed by atoms with van der Waals surface area (Å²) in [6.07, 6.45) is 1.57. The Hall–Kier alpha value is -1.40. The summed E-state index contributed by atoms with van der Waals surface area (Å²) < 4.78 is 25.5. The van der Waals surface area contributed by atoms with E-state index in [0.29, 0.717) is 13.0 Å². The van der Waals surface area contributed by atoms with E-state index < -0.39 is 16.0 Å². The second-order valence-corrected chi connectivity index (χ2v) is 6.90. The van der Waals surface area contributed by atoms with Gasteiger partial charge in [-0.2, -0.15) is 4.31 Å². The van der Waals surface area contributed by atoms with Gasteiger partial charge in [0.05, 0.1) is 11.3 Å². The molecule has 104 valence electrons. The number of nitrogens with zero attached hydrogens (tertiary/aromatic N) is 1. The van der Waals surface area contributed by atoms with Crippen molar-refractivity contribution in [3.63, 3.8) is 0 Å². The normalized spacial score (nSPS) is 23.1. The largest absolute Gasteiger partial charge is 0.478 e. The third kappa shape index (κ3) is 3.13. The van der Waals surface area contributed by atoms with Gasteiger partial charge in [0.2, 0.25) is 10.0 Å². The predicted molar refractivity (Wildman–Crippen MR) is 71.4 cm³/mol. The minimum absolute atomic E-state index is 0.00194. The van der Waals surface area contributed by atoms with Crippen LogP contribution in [-0.2, 0) is 16.6 Å². The molecule has 6 heteroatoms. The third-order valence-electron chi connectivity index (χ3n) is 3.41. The SMILES string of the molecule is C[C@H]1CCCS(=O)(=O)N1Cc1ccc(C(=O)O)cc1. The first-order chi connectivity index (χ1) is 8.90. The summed E-state index contributed by atoms with van der Waals surface area (Å²) in [6.45, 7) is 2.21. The zero-order valence-corrected chi connectivity index (χ0v) is 11.6. The van der Waals surface area contributed by atoms with Crippen molar-refractivity contribution in [3.05, 3.63) is 35.4 Å². The monoisotopic (exact) mass is 283 g/mol. The van der Waals surface area contributed by atoms with Gasteiger partial charge in [0.25, 0.3) is 0 Å². The van der Waals surface area contributed by atoms with Crippen LogP contribution < -0.4 is 0 Å². The van der Waals surface area contributed by atoms with Crippen LogP contribution in [0.1, 0.15) is 35.7 Å². The molecule has 5 nitrogen and oxygen atoms in total. The lowest BCUT2D eigenvalue weighted by atomic mass is 10.1. The Labute approximate surface area is 112 Å². The van der Waals surface area contributed by atoms with Gasteiger partial charge >= 0.3 is 5.97 Å². The van der Waals surface area contributed by atoms with E-state index in [-0.39, 0.29) is 17.4 Å². The molecule has 1 aliphatic heterocycles. The van der Waals surface area contributed by atoms with Crippen LogP contribution in [0.5, 0.6) is 0 Å². The molecule has 1 aromatic carbocycles. The Balaban J connectivity index is 2.17. The van der Waals surface area contributed by atoms with E-state index in [2.05, 4.69) is 0 Å². The number of benzene rings is 1. The lowest BCUT2D eigenvalue weighted by Gasteiger charge is -2.32. The Kier molecular flexibility index (Phi) is 3.91. The second kappa shape index (κ2) is 5.30. The van der Waals surface area contributed by atoms with Gasteiger partial charge in [-0.15, -0.1) is 0 Å². The second-order valence-electron chi connectivity index (χ2n) is 4.85. The molecule has 19 heavy (non-hydrogen) atoms. The Morgan fingerprint density at radius 3 is 2.53 bits per heavy atom. The first kappa shape index (κ1) is 14.0. The Morgan fingerprint density at radius 2 is 2.00 bits per heavy atom. The molecular weight excluding hydrogens is 266 g/mol. The highest BCUT2D eigenvalue weighted by molar-refractivity contribution is 7.89. The highest BCUT2D eigenvalue weighted by Gasteiger charge is 2.31. The first-order valence-corrected chi connectivity index (χ1v) is 7.83. The van der Waals surface area contributed by atoms with Gasteiger partial charge in [0.1, 0.15) is 0 Å². The quantitative estimate of drug-likeness (QED) is 0.916. The Bertz CT molecular complexity index is 565. The van der Waals surface area contributed by atoms with E-state index in [1.54, 1.807) is 12.1 Å². The van der Waals surface area contributed by atoms with Crippen LogP contribution in [0.3, 0.4) is 0 Å². The molecule has 0 amide bonds. The highest BCUT2D eigenvalue weighted by atomic mass is 32.2. The van der Waals surface area contributed by atoms with Gasteiger partial charge in [-0.25, -0.2) is 13.2 Å². The zero-order chi connectivity index (χ0) is 14.0. The summed E-state index contributed by atoms with van der Waals surface area (Å²) >= 11 is 0. The molecule has 2 rings (SSSR count). The average molecular weight is 283 g/mol. The summed E-state index contributed by atoms with van der Waals surface area (Å²) in [5.74, 6) is -0.782. The van der Waals surface area contributed by atoms with Gasteiger partial charge in [0.15, 0.2) is 0 Å². The number of sulfonamides is 1. The number of hydrogen-bond acceptors (Lipinski definition) is 3. The van der Waals surface area contributed by atoms with Crippen molar-refractivity contribution < 1.29 is 18.3 Å². The fraction of sp³-hybridized carbons (Fsp3) is 0.462. The molecule has 1 aliphatic rings. The molecule has 0 spiro atoms. The van der Waals surface area contributed by atoms with Gasteiger partial charge < -0.3 is 5.11 Å². The van der Waals surface area contributed by atoms with E-state index in [9.17, 15) is 13.2 Å². The lowest BCUT2D eigenvalue weighted by Crippen LogP contribution is -2.43. The summed E-state index contributed by atoms with van der Waals surface area (Å²) in [5.41, 5.74) is 1.01. The number of aromatic carboxylic acids is 1. The van der Waals surface area contributed by atoms with Gasteiger partial charge in [-0.3, -0.25) is 0 Å². The minimum Gasteiger partial charge on any atom is -0.478 e. The van der Waals surface area contributed by atoms with E-state index >= 15 is 0 Å². The van der Waals surface area contributed by atoms with Crippen molar-refractivity contribution in [3.8, 4) is 0 Å². The van der Waals surface area contributed by atoms with Crippen molar-refractivity contribution >= 4 is 16.0 Å². The molecule has 0 unspecified atom stereocenters. The molecule has 1 aromatic rings. The van der Waals surface area contributed by atoms with Crippen molar-refractivity contribution in [2.24, 2.45) is 0 Å². The van der Waals surface area contributed by atoms with Crippen LogP contribution in [0.2, 0.25) is 0 Å². The minimum atomic E-state index is -3.18. The molecule has 0 saturated carbocycles. The maximum absolute atomic E-state index is 12.0. The van der Waals surface area contributed by atoms with Crippen molar-refractivity contribution in [2.75, 3.05) is 5.75 Å². The summed E-state index contributed by atoms with van der Waals surface area (Å²) in [7, 11) is -3.18. The van der Waals surface area contributed by atoms with Gasteiger partial charge in [-0.1, -0.05) is 12.1 Å². The first-order valence-electron chi connectivity index (χ1n) is 6.22. The van der Waals surface area contributed by atoms with E-state index in [1.807, 2.05) is 6.92 Å². The zero-order valence-electron chi connectivity index (χ0n) is 10.7. The number of hydrogen-bond donors (Lipinski definition) is 1. The summed E-state index contributed by atoms with van der Waals surface area (Å²) in [6, 6.07) is 6.33. The summed E-state index contributed by atoms with van der Waals surface area (Å²) in [4.78, 5) is 10.8. The standard InChI is InChI=1S/C13H17NO4S/c1-10-3-2-8-19(17,18)14(10)9-11-4-6-12(7-5-11)13(15)16/h4-7,10H,2-3,8-9H2,1H3,(H,15,16)/t10-/m0/s1. The fourth-order valence-electron chi connectivity index (χ4n) is 2.28. The molecule has 0 aliphatic carbocycles. The van der Waals surface area contributed by atoms with Crippen LogP contribution in [-0.4, -0.2) is 35.6 Å². The van der Waals surface area contributed by atoms with Crippen LogP contribution in [0.15, 0.2) is 24.3 Å². The highest BCUT2D eigenvalue weighted by Crippen LogP contribution is 2.23. The topological polar surface area (TPSA) is 74.7 Å². The molecule has 1 fully saturated rings. The lowest BCUT2D eigenvalue weighted by molar-refractivity contribution is 0.0697. The van der Waals surface area contributed by atoms with E-state index in [0.717, 1.165) is 12.0 Å². The van der Waals surface area contributed by atoms with E-state index in [1.165, 1.54) is 16.4 Å². The number of rotatable bonds is 3. The molecular formula is C13H17NO4S. The number of carboxylic acids is 1. The van der Waals surface area contributed by atoms with E-state index in [4.69, 9.17) is 5.11 Å². The predicted octanol–water partition coefficient (Wildman–Crippen LogP) is 1.70. The molecule has 1 atom stereocenters.